The van der Waals surface area contributed by atoms with Crippen LogP contribution in [0, 0.1) is 6.92 Å². The predicted molar refractivity (Wildman–Crippen MR) is 85.0 cm³/mol. The fraction of sp³-hybridized carbons (Fsp3) is 0.250. The number of hydrogen-bond donors (Lipinski definition) is 1. The Morgan fingerprint density at radius 2 is 2.25 bits per heavy atom. The lowest BCUT2D eigenvalue weighted by atomic mass is 10.1. The number of carbonyl (C=O) groups excluding carboxylic acids is 1. The minimum absolute atomic E-state index is 0.00233. The first-order valence-corrected chi connectivity index (χ1v) is 7.41. The van der Waals surface area contributed by atoms with Crippen LogP contribution < -0.4 is 5.32 Å². The number of nitrogens with one attached hydrogen (secondary N) is 1. The summed E-state index contributed by atoms with van der Waals surface area (Å²) >= 11 is 1.47. The number of pyridine rings is 1. The van der Waals surface area contributed by atoms with Gasteiger partial charge in [-0.15, -0.1) is 6.58 Å². The van der Waals surface area contributed by atoms with E-state index in [9.17, 15) is 4.79 Å². The van der Waals surface area contributed by atoms with Gasteiger partial charge in [0, 0.05) is 11.9 Å². The van der Waals surface area contributed by atoms with Crippen molar-refractivity contribution in [3.63, 3.8) is 0 Å². The molecule has 1 amide bonds. The lowest BCUT2D eigenvalue weighted by Crippen LogP contribution is -2.30. The molecule has 1 aromatic heterocycles. The lowest BCUT2D eigenvalue weighted by Gasteiger charge is -2.11. The summed E-state index contributed by atoms with van der Waals surface area (Å²) in [6.07, 6.45) is 1.67. The molecule has 1 N–H and O–H groups in total. The largest absolute Gasteiger partial charge is 0.352 e. The van der Waals surface area contributed by atoms with Gasteiger partial charge >= 0.3 is 0 Å². The third-order valence-electron chi connectivity index (χ3n) is 2.99. The van der Waals surface area contributed by atoms with Gasteiger partial charge in [-0.25, -0.2) is 4.98 Å². The van der Waals surface area contributed by atoms with Gasteiger partial charge in [0.1, 0.15) is 0 Å². The molecule has 1 aromatic carbocycles. The smallest absolute Gasteiger partial charge is 0.233 e. The number of para-hydroxylation sites is 1. The molecule has 0 bridgehead atoms. The Kier molecular flexibility index (Phi) is 4.79. The van der Waals surface area contributed by atoms with Crippen LogP contribution >= 0.6 is 11.8 Å². The minimum atomic E-state index is -0.178. The molecule has 1 heterocycles. The average Bonchev–Trinajstić information content (AvgIpc) is 2.44. The molecule has 0 aliphatic carbocycles. The average molecular weight is 286 g/mol. The zero-order valence-corrected chi connectivity index (χ0v) is 12.5. The van der Waals surface area contributed by atoms with Crippen molar-refractivity contribution in [1.82, 2.24) is 10.3 Å². The van der Waals surface area contributed by atoms with Gasteiger partial charge in [0.05, 0.1) is 15.8 Å². The van der Waals surface area contributed by atoms with Gasteiger partial charge in [-0.1, -0.05) is 36.0 Å². The molecule has 104 valence electrons. The quantitative estimate of drug-likeness (QED) is 0.677. The van der Waals surface area contributed by atoms with Gasteiger partial charge in [-0.2, -0.15) is 0 Å². The highest BCUT2D eigenvalue weighted by atomic mass is 32.2. The van der Waals surface area contributed by atoms with Crippen molar-refractivity contribution in [3.05, 3.63) is 48.6 Å². The highest BCUT2D eigenvalue weighted by Gasteiger charge is 2.15. The molecule has 0 aliphatic heterocycles. The second kappa shape index (κ2) is 6.57. The van der Waals surface area contributed by atoms with E-state index in [0.717, 1.165) is 15.9 Å². The van der Waals surface area contributed by atoms with E-state index >= 15 is 0 Å². The summed E-state index contributed by atoms with van der Waals surface area (Å²) in [5.74, 6) is 0.00233. The van der Waals surface area contributed by atoms with Gasteiger partial charge in [0.25, 0.3) is 0 Å². The van der Waals surface area contributed by atoms with Crippen LogP contribution in [0.15, 0.2) is 48.0 Å². The second-order valence-corrected chi connectivity index (χ2v) is 5.95. The summed E-state index contributed by atoms with van der Waals surface area (Å²) in [6, 6.07) is 10.1. The molecule has 0 fully saturated rings. The van der Waals surface area contributed by atoms with Crippen LogP contribution in [-0.4, -0.2) is 22.7 Å². The van der Waals surface area contributed by atoms with Gasteiger partial charge in [-0.05, 0) is 31.5 Å². The number of hydrogen-bond acceptors (Lipinski definition) is 3. The Labute approximate surface area is 123 Å². The number of amides is 1. The van der Waals surface area contributed by atoms with E-state index in [1.54, 1.807) is 6.08 Å². The van der Waals surface area contributed by atoms with Crippen molar-refractivity contribution >= 4 is 28.6 Å². The first kappa shape index (κ1) is 14.6. The minimum Gasteiger partial charge on any atom is -0.352 e. The van der Waals surface area contributed by atoms with Gasteiger partial charge in [0.15, 0.2) is 0 Å². The molecule has 0 radical (unpaired) electrons. The number of thioether (sulfide) groups is 1. The summed E-state index contributed by atoms with van der Waals surface area (Å²) < 4.78 is 0. The van der Waals surface area contributed by atoms with E-state index in [1.807, 2.05) is 31.2 Å². The molecule has 2 aromatic rings. The fourth-order valence-electron chi connectivity index (χ4n) is 1.93. The number of fused-ring (bicyclic) bond motifs is 1. The maximum absolute atomic E-state index is 11.8. The standard InChI is InChI=1S/C16H18N2OS/c1-4-9-17-16(19)12(3)20-15-10-11(2)13-7-5-6-8-14(13)18-15/h4-8,10,12H,1,9H2,2-3H3,(H,17,19). The molecule has 0 saturated heterocycles. The monoisotopic (exact) mass is 286 g/mol. The number of carbonyl (C=O) groups is 1. The summed E-state index contributed by atoms with van der Waals surface area (Å²) in [7, 11) is 0. The molecule has 1 unspecified atom stereocenters. The van der Waals surface area contributed by atoms with Crippen LogP contribution in [0.2, 0.25) is 0 Å². The van der Waals surface area contributed by atoms with Crippen LogP contribution in [-0.2, 0) is 4.79 Å². The third-order valence-corrected chi connectivity index (χ3v) is 4.01. The molecule has 0 saturated carbocycles. The van der Waals surface area contributed by atoms with Crippen LogP contribution in [0.3, 0.4) is 0 Å². The zero-order valence-electron chi connectivity index (χ0n) is 11.7. The van der Waals surface area contributed by atoms with E-state index < -0.39 is 0 Å². The van der Waals surface area contributed by atoms with Crippen molar-refractivity contribution < 1.29 is 4.79 Å². The summed E-state index contributed by atoms with van der Waals surface area (Å²) in [4.78, 5) is 16.4. The number of aryl methyl sites for hydroxylation is 1. The topological polar surface area (TPSA) is 42.0 Å². The number of aromatic nitrogens is 1. The number of benzene rings is 1. The highest BCUT2D eigenvalue weighted by molar-refractivity contribution is 8.00. The SMILES string of the molecule is C=CCNC(=O)C(C)Sc1cc(C)c2ccccc2n1. The Morgan fingerprint density at radius 3 is 3.00 bits per heavy atom. The zero-order chi connectivity index (χ0) is 14.5. The molecule has 20 heavy (non-hydrogen) atoms. The normalized spacial score (nSPS) is 12.1. The highest BCUT2D eigenvalue weighted by Crippen LogP contribution is 2.26. The Morgan fingerprint density at radius 1 is 1.50 bits per heavy atom. The Hall–Kier alpha value is -1.81. The van der Waals surface area contributed by atoms with E-state index in [-0.39, 0.29) is 11.2 Å². The van der Waals surface area contributed by atoms with Gasteiger partial charge in [0.2, 0.25) is 5.91 Å². The van der Waals surface area contributed by atoms with Crippen LogP contribution in [0.4, 0.5) is 0 Å². The van der Waals surface area contributed by atoms with Crippen molar-refractivity contribution in [2.24, 2.45) is 0 Å². The van der Waals surface area contributed by atoms with Crippen molar-refractivity contribution in [1.29, 1.82) is 0 Å². The molecular formula is C16H18N2OS. The van der Waals surface area contributed by atoms with E-state index in [0.29, 0.717) is 6.54 Å². The Balaban J connectivity index is 2.17. The van der Waals surface area contributed by atoms with Crippen molar-refractivity contribution in [3.8, 4) is 0 Å². The summed E-state index contributed by atoms with van der Waals surface area (Å²) in [6.45, 7) is 8.03. The summed E-state index contributed by atoms with van der Waals surface area (Å²) in [5.41, 5.74) is 2.14. The first-order chi connectivity index (χ1) is 9.61. The maximum atomic E-state index is 11.8. The predicted octanol–water partition coefficient (Wildman–Crippen LogP) is 3.33. The molecule has 2 rings (SSSR count). The van der Waals surface area contributed by atoms with E-state index in [2.05, 4.69) is 29.9 Å². The molecular weight excluding hydrogens is 268 g/mol. The molecule has 0 spiro atoms. The molecule has 1 atom stereocenters. The van der Waals surface area contributed by atoms with Crippen LogP contribution in [0.25, 0.3) is 10.9 Å². The molecule has 3 nitrogen and oxygen atoms in total. The second-order valence-electron chi connectivity index (χ2n) is 4.59. The van der Waals surface area contributed by atoms with E-state index in [1.165, 1.54) is 17.3 Å². The van der Waals surface area contributed by atoms with Crippen molar-refractivity contribution in [2.75, 3.05) is 6.54 Å². The molecule has 4 heteroatoms. The fourth-order valence-corrected chi connectivity index (χ4v) is 2.88. The van der Waals surface area contributed by atoms with E-state index in [4.69, 9.17) is 0 Å². The maximum Gasteiger partial charge on any atom is 0.233 e. The first-order valence-electron chi connectivity index (χ1n) is 6.53. The van der Waals surface area contributed by atoms with Crippen molar-refractivity contribution in [2.45, 2.75) is 24.1 Å². The van der Waals surface area contributed by atoms with Crippen LogP contribution in [0.1, 0.15) is 12.5 Å². The molecule has 0 aliphatic rings. The number of nitrogens with zero attached hydrogens (tertiary/aromatic N) is 1. The lowest BCUT2D eigenvalue weighted by molar-refractivity contribution is -0.120. The summed E-state index contributed by atoms with van der Waals surface area (Å²) in [5, 5.41) is 4.65. The number of rotatable bonds is 5. The Bertz CT molecular complexity index is 639. The van der Waals surface area contributed by atoms with Gasteiger partial charge < -0.3 is 5.32 Å². The van der Waals surface area contributed by atoms with Gasteiger partial charge in [-0.3, -0.25) is 4.79 Å². The van der Waals surface area contributed by atoms with Crippen LogP contribution in [0.5, 0.6) is 0 Å². The third kappa shape index (κ3) is 3.39.